The molecule has 1 fully saturated rings. The van der Waals surface area contributed by atoms with Gasteiger partial charge in [0.15, 0.2) is 0 Å². The van der Waals surface area contributed by atoms with Gasteiger partial charge in [0.1, 0.15) is 0 Å². The van der Waals surface area contributed by atoms with Crippen LogP contribution in [0, 0.1) is 0 Å². The Morgan fingerprint density at radius 1 is 1.27 bits per heavy atom. The second-order valence-corrected chi connectivity index (χ2v) is 4.18. The molecule has 15 heavy (non-hydrogen) atoms. The van der Waals surface area contributed by atoms with Crippen molar-refractivity contribution < 1.29 is 4.74 Å². The number of rotatable bonds is 1. The zero-order chi connectivity index (χ0) is 10.1. The number of hydrogen-bond acceptors (Lipinski definition) is 2. The lowest BCUT2D eigenvalue weighted by Crippen LogP contribution is -2.25. The van der Waals surface area contributed by atoms with Crippen LogP contribution in [0.15, 0.2) is 29.3 Å². The third-order valence-corrected chi connectivity index (χ3v) is 3.19. The summed E-state index contributed by atoms with van der Waals surface area (Å²) in [6, 6.07) is 8.58. The molecule has 3 rings (SSSR count). The summed E-state index contributed by atoms with van der Waals surface area (Å²) in [5.41, 5.74) is 3.93. The maximum absolute atomic E-state index is 5.72. The normalized spacial score (nSPS) is 24.8. The largest absolute Gasteiger partial charge is 0.372 e. The molecule has 0 N–H and O–H groups in total. The van der Waals surface area contributed by atoms with Gasteiger partial charge in [-0.05, 0) is 24.8 Å². The van der Waals surface area contributed by atoms with Crippen molar-refractivity contribution in [1.29, 1.82) is 0 Å². The minimum atomic E-state index is 0.256. The van der Waals surface area contributed by atoms with Crippen LogP contribution in [0.4, 0.5) is 0 Å². The maximum Gasteiger partial charge on any atom is 0.0997 e. The summed E-state index contributed by atoms with van der Waals surface area (Å²) in [4.78, 5) is 4.64. The average molecular weight is 201 g/mol. The summed E-state index contributed by atoms with van der Waals surface area (Å²) in [6.07, 6.45) is 3.64. The predicted octanol–water partition coefficient (Wildman–Crippen LogP) is 2.21. The zero-order valence-electron chi connectivity index (χ0n) is 8.78. The van der Waals surface area contributed by atoms with E-state index in [1.165, 1.54) is 23.3 Å². The summed E-state index contributed by atoms with van der Waals surface area (Å²) in [5.74, 6) is 0. The van der Waals surface area contributed by atoms with E-state index in [9.17, 15) is 0 Å². The van der Waals surface area contributed by atoms with Crippen LogP contribution in [0.5, 0.6) is 0 Å². The molecule has 2 aliphatic heterocycles. The second kappa shape index (κ2) is 3.78. The van der Waals surface area contributed by atoms with Gasteiger partial charge in [0.05, 0.1) is 11.8 Å². The Morgan fingerprint density at radius 2 is 2.20 bits per heavy atom. The van der Waals surface area contributed by atoms with Gasteiger partial charge in [-0.15, -0.1) is 0 Å². The lowest BCUT2D eigenvalue weighted by molar-refractivity contribution is 0.158. The molecule has 1 aromatic carbocycles. The molecule has 0 amide bonds. The molecule has 0 aliphatic carbocycles. The minimum absolute atomic E-state index is 0.256. The first-order valence-corrected chi connectivity index (χ1v) is 5.69. The van der Waals surface area contributed by atoms with Crippen molar-refractivity contribution in [3.63, 3.8) is 0 Å². The van der Waals surface area contributed by atoms with Crippen molar-refractivity contribution in [2.75, 3.05) is 13.2 Å². The van der Waals surface area contributed by atoms with Crippen LogP contribution >= 0.6 is 0 Å². The van der Waals surface area contributed by atoms with Gasteiger partial charge in [0.25, 0.3) is 0 Å². The van der Waals surface area contributed by atoms with Crippen LogP contribution in [0.3, 0.4) is 0 Å². The fourth-order valence-corrected chi connectivity index (χ4v) is 2.44. The Hall–Kier alpha value is -1.15. The Bertz CT molecular complexity index is 391. The molecule has 0 saturated carbocycles. The van der Waals surface area contributed by atoms with E-state index in [1.807, 2.05) is 0 Å². The molecule has 2 aliphatic rings. The minimum Gasteiger partial charge on any atom is -0.372 e. The quantitative estimate of drug-likeness (QED) is 0.682. The molecule has 1 atom stereocenters. The molecule has 0 spiro atoms. The van der Waals surface area contributed by atoms with Crippen LogP contribution < -0.4 is 0 Å². The van der Waals surface area contributed by atoms with Gasteiger partial charge in [0, 0.05) is 18.7 Å². The summed E-state index contributed by atoms with van der Waals surface area (Å²) in [6.45, 7) is 1.82. The van der Waals surface area contributed by atoms with E-state index in [-0.39, 0.29) is 6.10 Å². The van der Waals surface area contributed by atoms with Crippen LogP contribution in [0.1, 0.15) is 24.0 Å². The molecule has 0 aromatic heterocycles. The fraction of sp³-hybridized carbons (Fsp3) is 0.462. The second-order valence-electron chi connectivity index (χ2n) is 4.18. The zero-order valence-corrected chi connectivity index (χ0v) is 8.78. The molecule has 1 saturated heterocycles. The number of hydrogen-bond donors (Lipinski definition) is 0. The number of nitrogens with zero attached hydrogens (tertiary/aromatic N) is 1. The van der Waals surface area contributed by atoms with E-state index in [4.69, 9.17) is 4.74 Å². The Morgan fingerprint density at radius 3 is 3.07 bits per heavy atom. The van der Waals surface area contributed by atoms with Crippen LogP contribution in [-0.4, -0.2) is 25.0 Å². The lowest BCUT2D eigenvalue weighted by Gasteiger charge is -2.20. The highest BCUT2D eigenvalue weighted by molar-refractivity contribution is 6.05. The highest BCUT2D eigenvalue weighted by Gasteiger charge is 2.25. The van der Waals surface area contributed by atoms with Gasteiger partial charge in [0.2, 0.25) is 0 Å². The topological polar surface area (TPSA) is 21.6 Å². The molecule has 0 bridgehead atoms. The molecule has 0 radical (unpaired) electrons. The van der Waals surface area contributed by atoms with Crippen LogP contribution in [0.2, 0.25) is 0 Å². The predicted molar refractivity (Wildman–Crippen MR) is 60.5 cm³/mol. The van der Waals surface area contributed by atoms with E-state index in [2.05, 4.69) is 29.3 Å². The molecular formula is C13H15NO. The third-order valence-electron chi connectivity index (χ3n) is 3.19. The Labute approximate surface area is 90.0 Å². The summed E-state index contributed by atoms with van der Waals surface area (Å²) >= 11 is 0. The smallest absolute Gasteiger partial charge is 0.0997 e. The van der Waals surface area contributed by atoms with Crippen molar-refractivity contribution in [2.24, 2.45) is 4.99 Å². The molecule has 78 valence electrons. The first kappa shape index (κ1) is 9.10. The highest BCUT2D eigenvalue weighted by atomic mass is 16.5. The first-order valence-electron chi connectivity index (χ1n) is 5.69. The maximum atomic E-state index is 5.72. The molecule has 1 aromatic rings. The average Bonchev–Trinajstić information content (AvgIpc) is 2.82. The Kier molecular flexibility index (Phi) is 2.29. The monoisotopic (exact) mass is 201 g/mol. The highest BCUT2D eigenvalue weighted by Crippen LogP contribution is 2.23. The molecule has 1 unspecified atom stereocenters. The van der Waals surface area contributed by atoms with Gasteiger partial charge in [-0.2, -0.15) is 0 Å². The fourth-order valence-electron chi connectivity index (χ4n) is 2.44. The molecule has 2 heterocycles. The van der Waals surface area contributed by atoms with Crippen molar-refractivity contribution in [2.45, 2.75) is 25.4 Å². The van der Waals surface area contributed by atoms with Crippen LogP contribution in [-0.2, 0) is 11.2 Å². The molecule has 2 heteroatoms. The van der Waals surface area contributed by atoms with E-state index >= 15 is 0 Å². The third kappa shape index (κ3) is 1.59. The summed E-state index contributed by atoms with van der Waals surface area (Å²) < 4.78 is 5.72. The van der Waals surface area contributed by atoms with Crippen LogP contribution in [0.25, 0.3) is 0 Å². The molecular weight excluding hydrogens is 186 g/mol. The van der Waals surface area contributed by atoms with E-state index in [0.29, 0.717) is 0 Å². The summed E-state index contributed by atoms with van der Waals surface area (Å²) in [7, 11) is 0. The van der Waals surface area contributed by atoms with Crippen molar-refractivity contribution in [3.8, 4) is 0 Å². The van der Waals surface area contributed by atoms with Gasteiger partial charge in [-0.3, -0.25) is 4.99 Å². The van der Waals surface area contributed by atoms with Crippen molar-refractivity contribution in [3.05, 3.63) is 35.4 Å². The van der Waals surface area contributed by atoms with Crippen molar-refractivity contribution in [1.82, 2.24) is 0 Å². The standard InChI is InChI=1S/C13H15NO/c1-2-5-11-10(4-1)7-8-14-13(11)12-6-3-9-15-12/h1-2,4-5,12H,3,6-9H2. The van der Waals surface area contributed by atoms with Gasteiger partial charge >= 0.3 is 0 Å². The number of fused-ring (bicyclic) bond motifs is 1. The first-order chi connectivity index (χ1) is 7.45. The number of benzene rings is 1. The molecule has 2 nitrogen and oxygen atoms in total. The van der Waals surface area contributed by atoms with Crippen molar-refractivity contribution >= 4 is 5.71 Å². The Balaban J connectivity index is 1.98. The number of aliphatic imine (C=N–C) groups is 1. The lowest BCUT2D eigenvalue weighted by atomic mass is 9.94. The van der Waals surface area contributed by atoms with Gasteiger partial charge in [-0.1, -0.05) is 24.3 Å². The number of ether oxygens (including phenoxy) is 1. The SMILES string of the molecule is c1ccc2c(c1)CCN=C2C1CCCO1. The van der Waals surface area contributed by atoms with E-state index in [0.717, 1.165) is 26.0 Å². The van der Waals surface area contributed by atoms with E-state index in [1.54, 1.807) is 0 Å². The van der Waals surface area contributed by atoms with Gasteiger partial charge in [-0.25, -0.2) is 0 Å². The van der Waals surface area contributed by atoms with Gasteiger partial charge < -0.3 is 4.74 Å². The van der Waals surface area contributed by atoms with E-state index < -0.39 is 0 Å². The summed E-state index contributed by atoms with van der Waals surface area (Å²) in [5, 5.41) is 0.